The molecule has 0 bridgehead atoms. The Kier molecular flexibility index (Phi) is 5.67. The van der Waals surface area contributed by atoms with Crippen LogP contribution in [0.3, 0.4) is 0 Å². The first kappa shape index (κ1) is 18.2. The van der Waals surface area contributed by atoms with E-state index in [0.717, 1.165) is 38.4 Å². The van der Waals surface area contributed by atoms with Crippen molar-refractivity contribution < 1.29 is 9.53 Å². The average Bonchev–Trinajstić information content (AvgIpc) is 3.43. The lowest BCUT2D eigenvalue weighted by atomic mass is 9.95. The van der Waals surface area contributed by atoms with E-state index in [4.69, 9.17) is 4.74 Å². The maximum atomic E-state index is 11.7. The van der Waals surface area contributed by atoms with Crippen molar-refractivity contribution in [2.24, 2.45) is 10.9 Å². The minimum absolute atomic E-state index is 0.0226. The van der Waals surface area contributed by atoms with Gasteiger partial charge in [0.05, 0.1) is 13.0 Å². The molecule has 1 N–H and O–H groups in total. The summed E-state index contributed by atoms with van der Waals surface area (Å²) in [6.45, 7) is 2.56. The Hall–Kier alpha value is -1.56. The quantitative estimate of drug-likeness (QED) is 0.473. The van der Waals surface area contributed by atoms with E-state index in [1.54, 1.807) is 0 Å². The number of nitrogens with zero attached hydrogens (tertiary/aromatic N) is 2. The van der Waals surface area contributed by atoms with Crippen LogP contribution < -0.4 is 5.32 Å². The highest BCUT2D eigenvalue weighted by Crippen LogP contribution is 2.49. The monoisotopic (exact) mass is 407 g/mol. The van der Waals surface area contributed by atoms with Gasteiger partial charge in [-0.05, 0) is 37.3 Å². The second kappa shape index (κ2) is 7.77. The van der Waals surface area contributed by atoms with Gasteiger partial charge in [0.1, 0.15) is 0 Å². The fraction of sp³-hybridized carbons (Fsp3) is 0.579. The fourth-order valence-corrected chi connectivity index (χ4v) is 4.36. The smallest absolute Gasteiger partial charge is 0.308 e. The van der Waals surface area contributed by atoms with Gasteiger partial charge in [-0.25, -0.2) is 0 Å². The second-order valence-corrected chi connectivity index (χ2v) is 7.80. The molecule has 5 nitrogen and oxygen atoms in total. The third-order valence-electron chi connectivity index (χ3n) is 5.42. The Bertz CT molecular complexity index is 650. The van der Waals surface area contributed by atoms with Gasteiger partial charge < -0.3 is 15.0 Å². The number of guanidine groups is 1. The molecule has 1 aromatic rings. The van der Waals surface area contributed by atoms with E-state index in [1.807, 2.05) is 7.05 Å². The maximum absolute atomic E-state index is 11.7. The van der Waals surface area contributed by atoms with E-state index >= 15 is 0 Å². The molecule has 2 fully saturated rings. The lowest BCUT2D eigenvalue weighted by Gasteiger charge is -2.34. The standard InChI is InChI=1S/C19H26BrN3O2/c1-21-18(23-11-7-14(8-12-23)17(24)25-2)22-13-19(9-10-19)15-5-3-4-6-16(15)20/h3-6,14H,7-13H2,1-2H3,(H,21,22). The first-order valence-electron chi connectivity index (χ1n) is 8.88. The molecule has 25 heavy (non-hydrogen) atoms. The van der Waals surface area contributed by atoms with Crippen LogP contribution in [0, 0.1) is 5.92 Å². The van der Waals surface area contributed by atoms with Crippen molar-refractivity contribution in [2.45, 2.75) is 31.1 Å². The number of aliphatic imine (C=N–C) groups is 1. The zero-order valence-electron chi connectivity index (χ0n) is 14.9. The van der Waals surface area contributed by atoms with Gasteiger partial charge in [0.2, 0.25) is 0 Å². The Morgan fingerprint density at radius 2 is 2.04 bits per heavy atom. The summed E-state index contributed by atoms with van der Waals surface area (Å²) in [5.74, 6) is 0.865. The SMILES string of the molecule is CN=C(NCC1(c2ccccc2Br)CC1)N1CCC(C(=O)OC)CC1. The molecule has 6 heteroatoms. The number of hydrogen-bond acceptors (Lipinski definition) is 3. The molecule has 1 aromatic carbocycles. The predicted molar refractivity (Wildman–Crippen MR) is 103 cm³/mol. The average molecular weight is 408 g/mol. The topological polar surface area (TPSA) is 53.9 Å². The molecule has 1 saturated carbocycles. The Morgan fingerprint density at radius 3 is 2.60 bits per heavy atom. The number of ether oxygens (including phenoxy) is 1. The lowest BCUT2D eigenvalue weighted by molar-refractivity contribution is -0.146. The zero-order valence-corrected chi connectivity index (χ0v) is 16.5. The molecule has 0 spiro atoms. The summed E-state index contributed by atoms with van der Waals surface area (Å²) in [5.41, 5.74) is 1.59. The molecule has 136 valence electrons. The van der Waals surface area contributed by atoms with Crippen LogP contribution in [0.15, 0.2) is 33.7 Å². The lowest BCUT2D eigenvalue weighted by Crippen LogP contribution is -2.48. The number of carbonyl (C=O) groups is 1. The second-order valence-electron chi connectivity index (χ2n) is 6.95. The van der Waals surface area contributed by atoms with Gasteiger partial charge >= 0.3 is 5.97 Å². The summed E-state index contributed by atoms with van der Waals surface area (Å²) in [5, 5.41) is 3.56. The first-order valence-corrected chi connectivity index (χ1v) is 9.67. The van der Waals surface area contributed by atoms with Gasteiger partial charge in [-0.3, -0.25) is 9.79 Å². The van der Waals surface area contributed by atoms with E-state index in [-0.39, 0.29) is 17.3 Å². The molecule has 1 saturated heterocycles. The molecule has 1 heterocycles. The molecule has 0 amide bonds. The van der Waals surface area contributed by atoms with E-state index in [1.165, 1.54) is 30.0 Å². The van der Waals surface area contributed by atoms with Crippen molar-refractivity contribution >= 4 is 27.9 Å². The highest BCUT2D eigenvalue weighted by molar-refractivity contribution is 9.10. The molecule has 0 unspecified atom stereocenters. The minimum atomic E-state index is -0.0894. The van der Waals surface area contributed by atoms with Crippen LogP contribution in [0.2, 0.25) is 0 Å². The van der Waals surface area contributed by atoms with Crippen molar-refractivity contribution in [1.82, 2.24) is 10.2 Å². The first-order chi connectivity index (χ1) is 12.1. The summed E-state index contributed by atoms with van der Waals surface area (Å²) >= 11 is 3.69. The van der Waals surface area contributed by atoms with Gasteiger partial charge in [0.25, 0.3) is 0 Å². The highest BCUT2D eigenvalue weighted by atomic mass is 79.9. The molecule has 1 aliphatic heterocycles. The van der Waals surface area contributed by atoms with Crippen molar-refractivity contribution in [1.29, 1.82) is 0 Å². The van der Waals surface area contributed by atoms with E-state index in [2.05, 4.69) is 55.4 Å². The van der Waals surface area contributed by atoms with Gasteiger partial charge in [0.15, 0.2) is 5.96 Å². The van der Waals surface area contributed by atoms with Crippen LogP contribution in [0.5, 0.6) is 0 Å². The Morgan fingerprint density at radius 1 is 1.36 bits per heavy atom. The third kappa shape index (κ3) is 4.00. The molecule has 0 atom stereocenters. The molecule has 2 aliphatic rings. The number of nitrogens with one attached hydrogen (secondary N) is 1. The van der Waals surface area contributed by atoms with Crippen molar-refractivity contribution in [3.63, 3.8) is 0 Å². The normalized spacial score (nSPS) is 20.3. The minimum Gasteiger partial charge on any atom is -0.469 e. The van der Waals surface area contributed by atoms with Gasteiger partial charge in [-0.15, -0.1) is 0 Å². The van der Waals surface area contributed by atoms with Crippen molar-refractivity contribution in [3.8, 4) is 0 Å². The van der Waals surface area contributed by atoms with Crippen LogP contribution in [0.25, 0.3) is 0 Å². The van der Waals surface area contributed by atoms with Gasteiger partial charge in [0, 0.05) is 36.6 Å². The van der Waals surface area contributed by atoms with Crippen LogP contribution in [-0.2, 0) is 14.9 Å². The third-order valence-corrected chi connectivity index (χ3v) is 6.12. The van der Waals surface area contributed by atoms with Gasteiger partial charge in [-0.2, -0.15) is 0 Å². The number of methoxy groups -OCH3 is 1. The van der Waals surface area contributed by atoms with Crippen LogP contribution >= 0.6 is 15.9 Å². The van der Waals surface area contributed by atoms with Crippen LogP contribution in [-0.4, -0.2) is 50.6 Å². The van der Waals surface area contributed by atoms with Gasteiger partial charge in [-0.1, -0.05) is 34.1 Å². The van der Waals surface area contributed by atoms with Crippen LogP contribution in [0.4, 0.5) is 0 Å². The molecule has 0 aromatic heterocycles. The number of esters is 1. The highest BCUT2D eigenvalue weighted by Gasteiger charge is 2.45. The summed E-state index contributed by atoms with van der Waals surface area (Å²) in [4.78, 5) is 18.4. The van der Waals surface area contributed by atoms with E-state index in [0.29, 0.717) is 0 Å². The summed E-state index contributed by atoms with van der Waals surface area (Å²) in [6, 6.07) is 8.49. The molecule has 1 aliphatic carbocycles. The van der Waals surface area contributed by atoms with Crippen LogP contribution in [0.1, 0.15) is 31.2 Å². The fourth-order valence-electron chi connectivity index (χ4n) is 3.66. The molecular formula is C19H26BrN3O2. The number of hydrogen-bond donors (Lipinski definition) is 1. The predicted octanol–water partition coefficient (Wildman–Crippen LogP) is 2.94. The van der Waals surface area contributed by atoms with E-state index in [9.17, 15) is 4.79 Å². The van der Waals surface area contributed by atoms with Crippen molar-refractivity contribution in [2.75, 3.05) is 33.8 Å². The number of piperidine rings is 1. The zero-order chi connectivity index (χ0) is 17.9. The number of carbonyl (C=O) groups excluding carboxylic acids is 1. The largest absolute Gasteiger partial charge is 0.469 e. The Balaban J connectivity index is 1.57. The van der Waals surface area contributed by atoms with Crippen molar-refractivity contribution in [3.05, 3.63) is 34.3 Å². The summed E-state index contributed by atoms with van der Waals surface area (Å²) in [6.07, 6.45) is 4.04. The number of likely N-dealkylation sites (tertiary alicyclic amines) is 1. The molecular weight excluding hydrogens is 382 g/mol. The number of halogens is 1. The number of benzene rings is 1. The Labute approximate surface area is 158 Å². The molecule has 3 rings (SSSR count). The molecule has 0 radical (unpaired) electrons. The van der Waals surface area contributed by atoms with E-state index < -0.39 is 0 Å². The summed E-state index contributed by atoms with van der Waals surface area (Å²) in [7, 11) is 3.29. The number of rotatable bonds is 4. The maximum Gasteiger partial charge on any atom is 0.308 e. The summed E-state index contributed by atoms with van der Waals surface area (Å²) < 4.78 is 6.05.